The largest absolute Gasteiger partial charge is 0.456 e. The topological polar surface area (TPSA) is 34.5 Å². The van der Waals surface area contributed by atoms with Crippen LogP contribution in [-0.2, 0) is 0 Å². The van der Waals surface area contributed by atoms with E-state index in [-0.39, 0.29) is 0 Å². The van der Waals surface area contributed by atoms with Crippen LogP contribution < -0.4 is 4.90 Å². The highest BCUT2D eigenvalue weighted by Crippen LogP contribution is 2.42. The zero-order valence-electron chi connectivity index (χ0n) is 31.3. The molecule has 3 aromatic heterocycles. The first-order valence-corrected chi connectivity index (χ1v) is 19.7. The van der Waals surface area contributed by atoms with Crippen LogP contribution in [0.4, 0.5) is 17.1 Å². The van der Waals surface area contributed by atoms with Crippen molar-refractivity contribution in [2.45, 2.75) is 0 Å². The van der Waals surface area contributed by atoms with Crippen molar-refractivity contribution >= 4 is 82.7 Å². The summed E-state index contributed by atoms with van der Waals surface area (Å²) < 4.78 is 15.2. The number of rotatable bonds is 6. The fraction of sp³-hybridized carbons (Fsp3) is 0. The van der Waals surface area contributed by atoms with Crippen LogP contribution in [0.3, 0.4) is 0 Å². The second-order valence-electron chi connectivity index (χ2n) is 14.9. The van der Waals surface area contributed by atoms with E-state index in [1.807, 2.05) is 24.3 Å². The SMILES string of the molecule is c1ccc(-n2c3ccccc3c3ccc(-c4ccc(N(c5ccc(-c6cccc7c6oc6ccccc67)cc5)c5ccc6c(c5)oc5ccccc56)cc4)cc32)cc1. The normalized spacial score (nSPS) is 11.8. The predicted octanol–water partition coefficient (Wildman–Crippen LogP) is 15.4. The zero-order chi connectivity index (χ0) is 38.2. The summed E-state index contributed by atoms with van der Waals surface area (Å²) in [5.41, 5.74) is 14.7. The highest BCUT2D eigenvalue weighted by molar-refractivity contribution is 6.11. The third-order valence-electron chi connectivity index (χ3n) is 11.6. The molecule has 0 unspecified atom stereocenters. The van der Waals surface area contributed by atoms with Crippen molar-refractivity contribution in [3.63, 3.8) is 0 Å². The maximum Gasteiger partial charge on any atom is 0.143 e. The molecule has 0 saturated heterocycles. The number of fused-ring (bicyclic) bond motifs is 9. The van der Waals surface area contributed by atoms with Gasteiger partial charge in [0.05, 0.1) is 11.0 Å². The fourth-order valence-electron chi connectivity index (χ4n) is 8.87. The first-order chi connectivity index (χ1) is 28.7. The van der Waals surface area contributed by atoms with E-state index in [9.17, 15) is 0 Å². The van der Waals surface area contributed by atoms with E-state index in [4.69, 9.17) is 8.83 Å². The lowest BCUT2D eigenvalue weighted by Crippen LogP contribution is -2.09. The smallest absolute Gasteiger partial charge is 0.143 e. The average Bonchev–Trinajstić information content (AvgIpc) is 3.96. The number of benzene rings is 9. The van der Waals surface area contributed by atoms with Crippen molar-refractivity contribution in [1.29, 1.82) is 0 Å². The van der Waals surface area contributed by atoms with Gasteiger partial charge >= 0.3 is 0 Å². The van der Waals surface area contributed by atoms with Crippen molar-refractivity contribution in [3.05, 3.63) is 206 Å². The van der Waals surface area contributed by atoms with Crippen LogP contribution in [0.1, 0.15) is 0 Å². The van der Waals surface area contributed by atoms with Gasteiger partial charge in [-0.25, -0.2) is 0 Å². The average molecular weight is 743 g/mol. The van der Waals surface area contributed by atoms with E-state index in [2.05, 4.69) is 191 Å². The molecule has 0 aliphatic heterocycles. The van der Waals surface area contributed by atoms with Gasteiger partial charge in [-0.05, 0) is 89.5 Å². The van der Waals surface area contributed by atoms with Gasteiger partial charge in [-0.1, -0.05) is 127 Å². The Morgan fingerprint density at radius 3 is 1.66 bits per heavy atom. The number of furan rings is 2. The quantitative estimate of drug-likeness (QED) is 0.170. The summed E-state index contributed by atoms with van der Waals surface area (Å²) in [6, 6.07) is 73.2. The second-order valence-corrected chi connectivity index (χ2v) is 14.9. The van der Waals surface area contributed by atoms with Gasteiger partial charge in [0.15, 0.2) is 0 Å². The third kappa shape index (κ3) is 5.09. The standard InChI is InChI=1S/C54H34N2O2/c1-2-11-38(12-3-1)56-49-18-7-4-13-43(49)44-31-25-37(33-50(44)56)35-21-26-39(27-22-35)55(41-30-32-47-45-14-5-8-19-51(45)57-53(47)34-41)40-28-23-36(24-29-40)42-16-10-17-48-46-15-6-9-20-52(46)58-54(42)48/h1-34H. The number of hydrogen-bond acceptors (Lipinski definition) is 3. The van der Waals surface area contributed by atoms with Crippen molar-refractivity contribution in [1.82, 2.24) is 4.57 Å². The summed E-state index contributed by atoms with van der Waals surface area (Å²) in [5, 5.41) is 6.97. The van der Waals surface area contributed by atoms with Gasteiger partial charge in [-0.15, -0.1) is 0 Å². The van der Waals surface area contributed by atoms with Crippen LogP contribution in [0.25, 0.3) is 93.6 Å². The Morgan fingerprint density at radius 2 is 0.879 bits per heavy atom. The molecule has 0 saturated carbocycles. The number of hydrogen-bond donors (Lipinski definition) is 0. The monoisotopic (exact) mass is 742 g/mol. The molecule has 0 amide bonds. The van der Waals surface area contributed by atoms with Crippen molar-refractivity contribution < 1.29 is 8.83 Å². The van der Waals surface area contributed by atoms with Crippen molar-refractivity contribution in [2.24, 2.45) is 0 Å². The molecular formula is C54H34N2O2. The highest BCUT2D eigenvalue weighted by Gasteiger charge is 2.18. The molecule has 0 bridgehead atoms. The van der Waals surface area contributed by atoms with Gasteiger partial charge in [-0.3, -0.25) is 0 Å². The molecule has 12 rings (SSSR count). The van der Waals surface area contributed by atoms with Crippen molar-refractivity contribution in [3.8, 4) is 27.9 Å². The first kappa shape index (κ1) is 32.4. The molecule has 9 aromatic carbocycles. The molecule has 0 aliphatic carbocycles. The van der Waals surface area contributed by atoms with Gasteiger partial charge in [0.2, 0.25) is 0 Å². The summed E-state index contributed by atoms with van der Waals surface area (Å²) in [6.45, 7) is 0. The maximum atomic E-state index is 6.41. The molecule has 3 heterocycles. The molecule has 4 nitrogen and oxygen atoms in total. The van der Waals surface area contributed by atoms with Gasteiger partial charge in [0.25, 0.3) is 0 Å². The predicted molar refractivity (Wildman–Crippen MR) is 241 cm³/mol. The van der Waals surface area contributed by atoms with Crippen LogP contribution in [0.15, 0.2) is 215 Å². The van der Waals surface area contributed by atoms with Gasteiger partial charge in [-0.2, -0.15) is 0 Å². The highest BCUT2D eigenvalue weighted by atomic mass is 16.3. The Bertz CT molecular complexity index is 3500. The fourth-order valence-corrected chi connectivity index (χ4v) is 8.87. The number of para-hydroxylation sites is 5. The Hall–Kier alpha value is -7.82. The molecule has 0 aliphatic rings. The molecule has 12 aromatic rings. The van der Waals surface area contributed by atoms with E-state index in [1.165, 1.54) is 27.4 Å². The maximum absolute atomic E-state index is 6.41. The number of nitrogens with zero attached hydrogens (tertiary/aromatic N) is 2. The van der Waals surface area contributed by atoms with Gasteiger partial charge in [0.1, 0.15) is 22.3 Å². The first-order valence-electron chi connectivity index (χ1n) is 19.7. The molecule has 58 heavy (non-hydrogen) atoms. The lowest BCUT2D eigenvalue weighted by atomic mass is 10.0. The molecule has 0 atom stereocenters. The molecule has 272 valence electrons. The third-order valence-corrected chi connectivity index (χ3v) is 11.6. The van der Waals surface area contributed by atoms with Crippen LogP contribution in [0.5, 0.6) is 0 Å². The molecule has 0 spiro atoms. The second kappa shape index (κ2) is 12.9. The Labute approximate surface area is 334 Å². The van der Waals surface area contributed by atoms with Crippen LogP contribution in [0.2, 0.25) is 0 Å². The molecule has 4 heteroatoms. The summed E-state index contributed by atoms with van der Waals surface area (Å²) in [6.07, 6.45) is 0. The molecule has 0 fully saturated rings. The summed E-state index contributed by atoms with van der Waals surface area (Å²) in [5.74, 6) is 0. The van der Waals surface area contributed by atoms with E-state index in [1.54, 1.807) is 0 Å². The van der Waals surface area contributed by atoms with E-state index < -0.39 is 0 Å². The van der Waals surface area contributed by atoms with Crippen molar-refractivity contribution in [2.75, 3.05) is 4.90 Å². The van der Waals surface area contributed by atoms with E-state index in [0.717, 1.165) is 83.3 Å². The van der Waals surface area contributed by atoms with Crippen LogP contribution in [-0.4, -0.2) is 4.57 Å². The van der Waals surface area contributed by atoms with E-state index >= 15 is 0 Å². The number of aromatic nitrogens is 1. The summed E-state index contributed by atoms with van der Waals surface area (Å²) in [4.78, 5) is 2.30. The van der Waals surface area contributed by atoms with Gasteiger partial charge < -0.3 is 18.3 Å². The van der Waals surface area contributed by atoms with Gasteiger partial charge in [0, 0.05) is 66.7 Å². The van der Waals surface area contributed by atoms with Crippen LogP contribution in [0, 0.1) is 0 Å². The minimum absolute atomic E-state index is 0.857. The lowest BCUT2D eigenvalue weighted by Gasteiger charge is -2.26. The van der Waals surface area contributed by atoms with E-state index in [0.29, 0.717) is 0 Å². The zero-order valence-corrected chi connectivity index (χ0v) is 31.3. The lowest BCUT2D eigenvalue weighted by molar-refractivity contribution is 0.669. The minimum atomic E-state index is 0.857. The molecular weight excluding hydrogens is 709 g/mol. The Morgan fingerprint density at radius 1 is 0.328 bits per heavy atom. The molecule has 0 N–H and O–H groups in total. The van der Waals surface area contributed by atoms with Crippen LogP contribution >= 0.6 is 0 Å². The Kier molecular flexibility index (Phi) is 7.20. The summed E-state index contributed by atoms with van der Waals surface area (Å²) >= 11 is 0. The summed E-state index contributed by atoms with van der Waals surface area (Å²) in [7, 11) is 0. The minimum Gasteiger partial charge on any atom is -0.456 e. The number of anilines is 3. The molecule has 0 radical (unpaired) electrons. The Balaban J connectivity index is 0.968.